The lowest BCUT2D eigenvalue weighted by Gasteiger charge is -2.29. The van der Waals surface area contributed by atoms with Gasteiger partial charge in [0.2, 0.25) is 0 Å². The minimum atomic E-state index is -0.654. The Balaban J connectivity index is 1.67. The molecule has 0 heterocycles. The number of hydrogen-bond acceptors (Lipinski definition) is 5. The second-order valence-electron chi connectivity index (χ2n) is 6.51. The molecule has 2 amide bonds. The van der Waals surface area contributed by atoms with E-state index in [1.807, 2.05) is 0 Å². The summed E-state index contributed by atoms with van der Waals surface area (Å²) in [5.74, 6) is -0.284. The number of methoxy groups -OCH3 is 1. The second kappa shape index (κ2) is 9.79. The molecule has 1 aliphatic rings. The molecule has 0 unspecified atom stereocenters. The molecule has 0 saturated heterocycles. The quantitative estimate of drug-likeness (QED) is 0.720. The standard InChI is InChI=1S/C19H26N2O5/c1-13-5-3-4-6-16(13)21-17(22)12-26-18(23)11-20-19(24)14-7-9-15(25-2)10-8-14/h7-10,13,16H,3-6,11-12H2,1-2H3,(H,20,24)(H,21,22)/t13-,16+/m1/s1. The van der Waals surface area contributed by atoms with Crippen LogP contribution in [0.15, 0.2) is 24.3 Å². The molecule has 1 saturated carbocycles. The van der Waals surface area contributed by atoms with Crippen molar-refractivity contribution in [2.45, 2.75) is 38.6 Å². The van der Waals surface area contributed by atoms with Gasteiger partial charge in [0, 0.05) is 11.6 Å². The molecule has 26 heavy (non-hydrogen) atoms. The van der Waals surface area contributed by atoms with Crippen molar-refractivity contribution in [3.8, 4) is 5.75 Å². The third-order valence-corrected chi connectivity index (χ3v) is 4.57. The first kappa shape index (κ1) is 19.8. The molecule has 1 fully saturated rings. The third kappa shape index (κ3) is 6.06. The van der Waals surface area contributed by atoms with E-state index in [-0.39, 0.29) is 25.1 Å². The van der Waals surface area contributed by atoms with Gasteiger partial charge in [0.25, 0.3) is 11.8 Å². The molecule has 0 aliphatic heterocycles. The zero-order valence-electron chi connectivity index (χ0n) is 15.2. The summed E-state index contributed by atoms with van der Waals surface area (Å²) in [6, 6.07) is 6.65. The summed E-state index contributed by atoms with van der Waals surface area (Å²) in [5, 5.41) is 5.37. The first-order valence-electron chi connectivity index (χ1n) is 8.87. The van der Waals surface area contributed by atoms with Crippen molar-refractivity contribution in [2.24, 2.45) is 5.92 Å². The van der Waals surface area contributed by atoms with Gasteiger partial charge < -0.3 is 20.1 Å². The molecule has 0 spiro atoms. The predicted octanol–water partition coefficient (Wildman–Crippen LogP) is 1.66. The van der Waals surface area contributed by atoms with Crippen molar-refractivity contribution in [1.82, 2.24) is 10.6 Å². The first-order valence-corrected chi connectivity index (χ1v) is 8.87. The average Bonchev–Trinajstić information content (AvgIpc) is 2.66. The summed E-state index contributed by atoms with van der Waals surface area (Å²) >= 11 is 0. The minimum Gasteiger partial charge on any atom is -0.497 e. The molecule has 1 aromatic rings. The summed E-state index contributed by atoms with van der Waals surface area (Å²) in [7, 11) is 1.54. The van der Waals surface area contributed by atoms with Gasteiger partial charge >= 0.3 is 5.97 Å². The van der Waals surface area contributed by atoms with Crippen molar-refractivity contribution in [3.05, 3.63) is 29.8 Å². The highest BCUT2D eigenvalue weighted by atomic mass is 16.5. The maximum absolute atomic E-state index is 11.9. The maximum Gasteiger partial charge on any atom is 0.325 e. The zero-order valence-corrected chi connectivity index (χ0v) is 15.2. The van der Waals surface area contributed by atoms with Crippen molar-refractivity contribution >= 4 is 17.8 Å². The summed E-state index contributed by atoms with van der Waals surface area (Å²) in [5.41, 5.74) is 0.405. The van der Waals surface area contributed by atoms with Crippen molar-refractivity contribution in [1.29, 1.82) is 0 Å². The number of carbonyl (C=O) groups is 3. The van der Waals surface area contributed by atoms with Crippen molar-refractivity contribution < 1.29 is 23.9 Å². The van der Waals surface area contributed by atoms with Crippen LogP contribution in [0.3, 0.4) is 0 Å². The fourth-order valence-corrected chi connectivity index (χ4v) is 2.97. The number of esters is 1. The number of carbonyl (C=O) groups excluding carboxylic acids is 3. The highest BCUT2D eigenvalue weighted by Crippen LogP contribution is 2.23. The van der Waals surface area contributed by atoms with Gasteiger partial charge in [-0.1, -0.05) is 19.8 Å². The average molecular weight is 362 g/mol. The molecule has 0 aromatic heterocycles. The lowest BCUT2D eigenvalue weighted by molar-refractivity contribution is -0.147. The monoisotopic (exact) mass is 362 g/mol. The number of nitrogens with one attached hydrogen (secondary N) is 2. The van der Waals surface area contributed by atoms with E-state index in [0.717, 1.165) is 19.3 Å². The van der Waals surface area contributed by atoms with Gasteiger partial charge in [0.1, 0.15) is 12.3 Å². The third-order valence-electron chi connectivity index (χ3n) is 4.57. The molecule has 7 nitrogen and oxygen atoms in total. The van der Waals surface area contributed by atoms with Crippen LogP contribution in [-0.4, -0.2) is 44.1 Å². The molecule has 1 aromatic carbocycles. The van der Waals surface area contributed by atoms with E-state index in [2.05, 4.69) is 17.6 Å². The van der Waals surface area contributed by atoms with Crippen LogP contribution in [0.25, 0.3) is 0 Å². The van der Waals surface area contributed by atoms with E-state index < -0.39 is 11.9 Å². The Morgan fingerprint density at radius 1 is 1.12 bits per heavy atom. The van der Waals surface area contributed by atoms with E-state index in [4.69, 9.17) is 9.47 Å². The summed E-state index contributed by atoms with van der Waals surface area (Å²) in [6.07, 6.45) is 4.35. The van der Waals surface area contributed by atoms with Crippen LogP contribution in [0, 0.1) is 5.92 Å². The van der Waals surface area contributed by atoms with Gasteiger partial charge in [0.15, 0.2) is 6.61 Å². The largest absolute Gasteiger partial charge is 0.497 e. The Kier molecular flexibility index (Phi) is 7.44. The van der Waals surface area contributed by atoms with E-state index in [0.29, 0.717) is 17.2 Å². The molecule has 0 radical (unpaired) electrons. The molecule has 7 heteroatoms. The van der Waals surface area contributed by atoms with Crippen molar-refractivity contribution in [3.63, 3.8) is 0 Å². The van der Waals surface area contributed by atoms with Crippen LogP contribution >= 0.6 is 0 Å². The smallest absolute Gasteiger partial charge is 0.325 e. The second-order valence-corrected chi connectivity index (χ2v) is 6.51. The van der Waals surface area contributed by atoms with Gasteiger partial charge in [-0.3, -0.25) is 14.4 Å². The van der Waals surface area contributed by atoms with Gasteiger partial charge in [-0.25, -0.2) is 0 Å². The highest BCUT2D eigenvalue weighted by molar-refractivity contribution is 5.96. The van der Waals surface area contributed by atoms with Crippen LogP contribution in [0.4, 0.5) is 0 Å². The fraction of sp³-hybridized carbons (Fsp3) is 0.526. The molecule has 2 atom stereocenters. The van der Waals surface area contributed by atoms with Crippen LogP contribution < -0.4 is 15.4 Å². The number of ether oxygens (including phenoxy) is 2. The number of amides is 2. The number of hydrogen-bond donors (Lipinski definition) is 2. The molecule has 142 valence electrons. The SMILES string of the molecule is COc1ccc(C(=O)NCC(=O)OCC(=O)N[C@H]2CCCC[C@H]2C)cc1. The summed E-state index contributed by atoms with van der Waals surface area (Å²) < 4.78 is 9.94. The molecular weight excluding hydrogens is 336 g/mol. The fourth-order valence-electron chi connectivity index (χ4n) is 2.97. The number of benzene rings is 1. The molecule has 2 rings (SSSR count). The van der Waals surface area contributed by atoms with E-state index in [1.165, 1.54) is 13.5 Å². The Morgan fingerprint density at radius 3 is 2.46 bits per heavy atom. The Labute approximate surface area is 153 Å². The van der Waals surface area contributed by atoms with Crippen LogP contribution in [0.1, 0.15) is 43.0 Å². The van der Waals surface area contributed by atoms with E-state index in [1.54, 1.807) is 24.3 Å². The highest BCUT2D eigenvalue weighted by Gasteiger charge is 2.23. The summed E-state index contributed by atoms with van der Waals surface area (Å²) in [6.45, 7) is 1.49. The normalized spacial score (nSPS) is 19.3. The predicted molar refractivity (Wildman–Crippen MR) is 95.8 cm³/mol. The van der Waals surface area contributed by atoms with Crippen LogP contribution in [0.5, 0.6) is 5.75 Å². The molecular formula is C19H26N2O5. The van der Waals surface area contributed by atoms with E-state index >= 15 is 0 Å². The van der Waals surface area contributed by atoms with E-state index in [9.17, 15) is 14.4 Å². The Hall–Kier alpha value is -2.57. The van der Waals surface area contributed by atoms with Gasteiger partial charge in [0.05, 0.1) is 7.11 Å². The minimum absolute atomic E-state index is 0.143. The number of rotatable bonds is 7. The molecule has 1 aliphatic carbocycles. The molecule has 2 N–H and O–H groups in total. The lowest BCUT2D eigenvalue weighted by Crippen LogP contribution is -2.43. The van der Waals surface area contributed by atoms with Gasteiger partial charge in [-0.15, -0.1) is 0 Å². The maximum atomic E-state index is 11.9. The lowest BCUT2D eigenvalue weighted by atomic mass is 9.86. The Morgan fingerprint density at radius 2 is 1.81 bits per heavy atom. The van der Waals surface area contributed by atoms with Gasteiger partial charge in [-0.05, 0) is 43.0 Å². The van der Waals surface area contributed by atoms with Crippen molar-refractivity contribution in [2.75, 3.05) is 20.3 Å². The topological polar surface area (TPSA) is 93.7 Å². The summed E-state index contributed by atoms with van der Waals surface area (Å²) in [4.78, 5) is 35.5. The van der Waals surface area contributed by atoms with Crippen LogP contribution in [-0.2, 0) is 14.3 Å². The van der Waals surface area contributed by atoms with Gasteiger partial charge in [-0.2, -0.15) is 0 Å². The molecule has 0 bridgehead atoms. The first-order chi connectivity index (χ1) is 12.5. The Bertz CT molecular complexity index is 629. The zero-order chi connectivity index (χ0) is 18.9. The van der Waals surface area contributed by atoms with Crippen LogP contribution in [0.2, 0.25) is 0 Å².